The van der Waals surface area contributed by atoms with Crippen LogP contribution in [-0.4, -0.2) is 16.6 Å². The molecule has 0 unspecified atom stereocenters. The van der Waals surface area contributed by atoms with E-state index in [0.717, 1.165) is 22.6 Å². The van der Waals surface area contributed by atoms with Crippen LogP contribution in [-0.2, 0) is 11.4 Å². The van der Waals surface area contributed by atoms with Gasteiger partial charge in [0.15, 0.2) is 0 Å². The van der Waals surface area contributed by atoms with Crippen molar-refractivity contribution in [1.82, 2.24) is 0 Å². The van der Waals surface area contributed by atoms with E-state index in [1.165, 1.54) is 23.9 Å². The molecule has 1 aliphatic rings. The Morgan fingerprint density at radius 3 is 2.34 bits per heavy atom. The van der Waals surface area contributed by atoms with E-state index in [1.54, 1.807) is 17.0 Å². The van der Waals surface area contributed by atoms with E-state index in [1.807, 2.05) is 54.6 Å². The lowest BCUT2D eigenvalue weighted by Crippen LogP contribution is -2.27. The van der Waals surface area contributed by atoms with Crippen molar-refractivity contribution in [3.05, 3.63) is 100 Å². The van der Waals surface area contributed by atoms with Crippen LogP contribution in [0.1, 0.15) is 16.5 Å². The van der Waals surface area contributed by atoms with Gasteiger partial charge in [0.05, 0.1) is 10.7 Å². The van der Waals surface area contributed by atoms with E-state index in [0.29, 0.717) is 12.4 Å². The number of nitro benzene ring substituents is 1. The highest BCUT2D eigenvalue weighted by Gasteiger charge is 2.34. The minimum atomic E-state index is -0.428. The average molecular weight is 406 g/mol. The number of thioether (sulfide) groups is 1. The van der Waals surface area contributed by atoms with Crippen molar-refractivity contribution in [1.29, 1.82) is 0 Å². The zero-order valence-corrected chi connectivity index (χ0v) is 16.2. The molecule has 0 bridgehead atoms. The summed E-state index contributed by atoms with van der Waals surface area (Å²) in [4.78, 5) is 24.7. The second kappa shape index (κ2) is 8.36. The first-order chi connectivity index (χ1) is 14.1. The van der Waals surface area contributed by atoms with Gasteiger partial charge in [0.25, 0.3) is 5.69 Å². The van der Waals surface area contributed by atoms with Crippen molar-refractivity contribution in [2.24, 2.45) is 0 Å². The van der Waals surface area contributed by atoms with Gasteiger partial charge in [0, 0.05) is 17.8 Å². The van der Waals surface area contributed by atoms with Crippen molar-refractivity contribution < 1.29 is 14.5 Å². The lowest BCUT2D eigenvalue weighted by Gasteiger charge is -2.24. The molecule has 4 rings (SSSR count). The molecule has 0 N–H and O–H groups in total. The Labute approximate surface area is 172 Å². The van der Waals surface area contributed by atoms with E-state index >= 15 is 0 Å². The highest BCUT2D eigenvalue weighted by Crippen LogP contribution is 2.42. The van der Waals surface area contributed by atoms with Crippen molar-refractivity contribution >= 4 is 29.0 Å². The number of amides is 1. The topological polar surface area (TPSA) is 72.7 Å². The summed E-state index contributed by atoms with van der Waals surface area (Å²) in [6, 6.07) is 23.7. The van der Waals surface area contributed by atoms with Gasteiger partial charge in [0.1, 0.15) is 17.7 Å². The van der Waals surface area contributed by atoms with Crippen LogP contribution in [0.2, 0.25) is 0 Å². The third-order valence-corrected chi connectivity index (χ3v) is 5.83. The van der Waals surface area contributed by atoms with Crippen LogP contribution in [0, 0.1) is 10.1 Å². The summed E-state index contributed by atoms with van der Waals surface area (Å²) in [5, 5.41) is 10.7. The summed E-state index contributed by atoms with van der Waals surface area (Å²) in [6.45, 7) is 0.476. The summed E-state index contributed by atoms with van der Waals surface area (Å²) in [7, 11) is 0. The number of benzene rings is 3. The predicted octanol–water partition coefficient (Wildman–Crippen LogP) is 4.95. The Morgan fingerprint density at radius 1 is 1.00 bits per heavy atom. The molecule has 1 aliphatic heterocycles. The summed E-state index contributed by atoms with van der Waals surface area (Å²) in [6.07, 6.45) is 0. The molecule has 0 aromatic heterocycles. The number of hydrogen-bond donors (Lipinski definition) is 0. The van der Waals surface area contributed by atoms with Gasteiger partial charge in [-0.2, -0.15) is 0 Å². The standard InChI is InChI=1S/C22H18N2O4S/c25-21-15-29-22(17-6-8-19(9-7-17)24(26)27)23(21)18-10-12-20(13-11-18)28-14-16-4-2-1-3-5-16/h1-13,22H,14-15H2/t22-/m1/s1. The molecule has 146 valence electrons. The molecule has 3 aromatic rings. The summed E-state index contributed by atoms with van der Waals surface area (Å²) in [5.74, 6) is 1.11. The number of carbonyl (C=O) groups is 1. The van der Waals surface area contributed by atoms with Crippen LogP contribution in [0.3, 0.4) is 0 Å². The van der Waals surface area contributed by atoms with Crippen molar-refractivity contribution in [3.63, 3.8) is 0 Å². The first kappa shape index (κ1) is 19.0. The van der Waals surface area contributed by atoms with Gasteiger partial charge in [-0.1, -0.05) is 30.3 Å². The smallest absolute Gasteiger partial charge is 0.269 e. The van der Waals surface area contributed by atoms with Crippen LogP contribution in [0.25, 0.3) is 0 Å². The molecule has 1 atom stereocenters. The second-order valence-corrected chi connectivity index (χ2v) is 7.61. The van der Waals surface area contributed by atoms with Crippen LogP contribution >= 0.6 is 11.8 Å². The van der Waals surface area contributed by atoms with Gasteiger partial charge >= 0.3 is 0 Å². The normalized spacial score (nSPS) is 16.1. The molecule has 1 amide bonds. The zero-order chi connectivity index (χ0) is 20.2. The van der Waals surface area contributed by atoms with Crippen LogP contribution in [0.4, 0.5) is 11.4 Å². The molecule has 1 saturated heterocycles. The minimum absolute atomic E-state index is 0.0105. The number of ether oxygens (including phenoxy) is 1. The minimum Gasteiger partial charge on any atom is -0.489 e. The van der Waals surface area contributed by atoms with Crippen LogP contribution < -0.4 is 9.64 Å². The number of anilines is 1. The number of nitro groups is 1. The maximum absolute atomic E-state index is 12.5. The van der Waals surface area contributed by atoms with Crippen LogP contribution in [0.5, 0.6) is 5.75 Å². The number of carbonyl (C=O) groups excluding carboxylic acids is 1. The lowest BCUT2D eigenvalue weighted by atomic mass is 10.1. The molecule has 7 heteroatoms. The average Bonchev–Trinajstić information content (AvgIpc) is 3.15. The number of hydrogen-bond acceptors (Lipinski definition) is 5. The fraction of sp³-hybridized carbons (Fsp3) is 0.136. The molecule has 29 heavy (non-hydrogen) atoms. The molecule has 6 nitrogen and oxygen atoms in total. The molecule has 1 fully saturated rings. The highest BCUT2D eigenvalue weighted by atomic mass is 32.2. The third kappa shape index (κ3) is 4.25. The molecular weight excluding hydrogens is 388 g/mol. The van der Waals surface area contributed by atoms with E-state index in [4.69, 9.17) is 4.74 Å². The molecule has 3 aromatic carbocycles. The van der Waals surface area contributed by atoms with Gasteiger partial charge in [-0.3, -0.25) is 19.8 Å². The zero-order valence-electron chi connectivity index (χ0n) is 15.4. The monoisotopic (exact) mass is 406 g/mol. The SMILES string of the molecule is O=C1CS[C@H](c2ccc([N+](=O)[O-])cc2)N1c1ccc(OCc2ccccc2)cc1. The molecule has 1 heterocycles. The third-order valence-electron chi connectivity index (χ3n) is 4.62. The molecular formula is C22H18N2O4S. The largest absolute Gasteiger partial charge is 0.489 e. The Morgan fingerprint density at radius 2 is 1.69 bits per heavy atom. The number of nitrogens with zero attached hydrogens (tertiary/aromatic N) is 2. The Kier molecular flexibility index (Phi) is 5.48. The van der Waals surface area contributed by atoms with Gasteiger partial charge in [0.2, 0.25) is 5.91 Å². The summed E-state index contributed by atoms with van der Waals surface area (Å²) >= 11 is 1.51. The second-order valence-electron chi connectivity index (χ2n) is 6.54. The van der Waals surface area contributed by atoms with Gasteiger partial charge < -0.3 is 4.74 Å². The maximum atomic E-state index is 12.5. The van der Waals surface area contributed by atoms with Gasteiger partial charge in [-0.25, -0.2) is 0 Å². The molecule has 0 spiro atoms. The van der Waals surface area contributed by atoms with E-state index < -0.39 is 4.92 Å². The van der Waals surface area contributed by atoms with E-state index in [9.17, 15) is 14.9 Å². The summed E-state index contributed by atoms with van der Waals surface area (Å²) < 4.78 is 5.81. The van der Waals surface area contributed by atoms with Crippen LogP contribution in [0.15, 0.2) is 78.9 Å². The van der Waals surface area contributed by atoms with Crippen molar-refractivity contribution in [3.8, 4) is 5.75 Å². The molecule has 0 saturated carbocycles. The number of non-ortho nitro benzene ring substituents is 1. The highest BCUT2D eigenvalue weighted by molar-refractivity contribution is 8.00. The van der Waals surface area contributed by atoms with E-state index in [-0.39, 0.29) is 17.0 Å². The van der Waals surface area contributed by atoms with Crippen molar-refractivity contribution in [2.75, 3.05) is 10.7 Å². The van der Waals surface area contributed by atoms with Crippen molar-refractivity contribution in [2.45, 2.75) is 12.0 Å². The Balaban J connectivity index is 1.49. The first-order valence-corrected chi connectivity index (χ1v) is 10.1. The van der Waals surface area contributed by atoms with Gasteiger partial charge in [-0.05, 0) is 47.5 Å². The number of rotatable bonds is 6. The Hall–Kier alpha value is -3.32. The first-order valence-electron chi connectivity index (χ1n) is 9.06. The predicted molar refractivity (Wildman–Crippen MR) is 113 cm³/mol. The molecule has 0 aliphatic carbocycles. The molecule has 0 radical (unpaired) electrons. The maximum Gasteiger partial charge on any atom is 0.269 e. The fourth-order valence-electron chi connectivity index (χ4n) is 3.15. The fourth-order valence-corrected chi connectivity index (χ4v) is 4.33. The summed E-state index contributed by atoms with van der Waals surface area (Å²) in [5.41, 5.74) is 2.75. The quantitative estimate of drug-likeness (QED) is 0.428. The lowest BCUT2D eigenvalue weighted by molar-refractivity contribution is -0.384. The van der Waals surface area contributed by atoms with Gasteiger partial charge in [-0.15, -0.1) is 11.8 Å². The Bertz CT molecular complexity index is 1010. The van der Waals surface area contributed by atoms with E-state index in [2.05, 4.69) is 0 Å².